The zero-order chi connectivity index (χ0) is 13.7. The molecule has 0 amide bonds. The second-order valence-corrected chi connectivity index (χ2v) is 3.71. The van der Waals surface area contributed by atoms with Crippen LogP contribution in [0.2, 0.25) is 0 Å². The number of hydrogen-bond acceptors (Lipinski definition) is 4. The standard InChI is InChI=1S/C12H12O6/c13-6-9-2-1-8(11(16)12(17)18)5-7(9)3-4-10(14)15/h1-2,5-6,11,16H,3-4H2,(H,14,15)(H,17,18). The molecule has 1 unspecified atom stereocenters. The van der Waals surface area contributed by atoms with Gasteiger partial charge in [-0.2, -0.15) is 0 Å². The zero-order valence-electron chi connectivity index (χ0n) is 9.37. The predicted molar refractivity (Wildman–Crippen MR) is 60.4 cm³/mol. The van der Waals surface area contributed by atoms with E-state index in [1.165, 1.54) is 18.2 Å². The van der Waals surface area contributed by atoms with Crippen LogP contribution in [0.5, 0.6) is 0 Å². The van der Waals surface area contributed by atoms with Crippen molar-refractivity contribution in [2.75, 3.05) is 0 Å². The molecule has 18 heavy (non-hydrogen) atoms. The molecule has 0 radical (unpaired) electrons. The number of carbonyl (C=O) groups excluding carboxylic acids is 1. The maximum atomic E-state index is 10.8. The Hall–Kier alpha value is -2.21. The van der Waals surface area contributed by atoms with Crippen molar-refractivity contribution in [3.63, 3.8) is 0 Å². The highest BCUT2D eigenvalue weighted by Crippen LogP contribution is 2.18. The van der Waals surface area contributed by atoms with Crippen LogP contribution in [0.1, 0.15) is 34.0 Å². The lowest BCUT2D eigenvalue weighted by molar-refractivity contribution is -0.147. The predicted octanol–water partition coefficient (Wildman–Crippen LogP) is 0.634. The Bertz CT molecular complexity index is 479. The van der Waals surface area contributed by atoms with Gasteiger partial charge in [-0.15, -0.1) is 0 Å². The molecule has 0 spiro atoms. The topological polar surface area (TPSA) is 112 Å². The van der Waals surface area contributed by atoms with E-state index in [4.69, 9.17) is 10.2 Å². The Balaban J connectivity index is 3.04. The van der Waals surface area contributed by atoms with Gasteiger partial charge >= 0.3 is 11.9 Å². The van der Waals surface area contributed by atoms with E-state index in [0.717, 1.165) is 0 Å². The van der Waals surface area contributed by atoms with Crippen LogP contribution in [0.15, 0.2) is 18.2 Å². The average molecular weight is 252 g/mol. The third-order valence-electron chi connectivity index (χ3n) is 2.45. The molecular formula is C12H12O6. The Morgan fingerprint density at radius 2 is 1.94 bits per heavy atom. The lowest BCUT2D eigenvalue weighted by Crippen LogP contribution is -2.11. The lowest BCUT2D eigenvalue weighted by Gasteiger charge is -2.09. The molecule has 1 rings (SSSR count). The second-order valence-electron chi connectivity index (χ2n) is 3.71. The zero-order valence-corrected chi connectivity index (χ0v) is 9.37. The van der Waals surface area contributed by atoms with E-state index in [0.29, 0.717) is 11.8 Å². The minimum absolute atomic E-state index is 0.101. The monoisotopic (exact) mass is 252 g/mol. The number of hydrogen-bond donors (Lipinski definition) is 3. The first kappa shape index (κ1) is 13.9. The number of aliphatic hydroxyl groups excluding tert-OH is 1. The number of carbonyl (C=O) groups is 3. The van der Waals surface area contributed by atoms with E-state index in [1.807, 2.05) is 0 Å². The van der Waals surface area contributed by atoms with E-state index in [1.54, 1.807) is 0 Å². The number of aliphatic hydroxyl groups is 1. The van der Waals surface area contributed by atoms with Crippen molar-refractivity contribution in [2.45, 2.75) is 18.9 Å². The van der Waals surface area contributed by atoms with Crippen molar-refractivity contribution in [1.29, 1.82) is 0 Å². The molecule has 0 aromatic heterocycles. The summed E-state index contributed by atoms with van der Waals surface area (Å²) >= 11 is 0. The quantitative estimate of drug-likeness (QED) is 0.640. The van der Waals surface area contributed by atoms with Crippen LogP contribution in [0.3, 0.4) is 0 Å². The largest absolute Gasteiger partial charge is 0.481 e. The van der Waals surface area contributed by atoms with Gasteiger partial charge in [0, 0.05) is 12.0 Å². The SMILES string of the molecule is O=Cc1ccc(C(O)C(=O)O)cc1CCC(=O)O. The average Bonchev–Trinajstić information content (AvgIpc) is 2.34. The highest BCUT2D eigenvalue weighted by atomic mass is 16.4. The van der Waals surface area contributed by atoms with E-state index >= 15 is 0 Å². The molecule has 1 aromatic carbocycles. The molecule has 0 saturated heterocycles. The molecule has 3 N–H and O–H groups in total. The van der Waals surface area contributed by atoms with Crippen LogP contribution < -0.4 is 0 Å². The highest BCUT2D eigenvalue weighted by Gasteiger charge is 2.17. The molecular weight excluding hydrogens is 240 g/mol. The Morgan fingerprint density at radius 3 is 2.44 bits per heavy atom. The molecule has 96 valence electrons. The fraction of sp³-hybridized carbons (Fsp3) is 0.250. The van der Waals surface area contributed by atoms with E-state index in [-0.39, 0.29) is 24.0 Å². The van der Waals surface area contributed by atoms with Crippen LogP contribution in [-0.2, 0) is 16.0 Å². The van der Waals surface area contributed by atoms with Crippen molar-refractivity contribution in [2.24, 2.45) is 0 Å². The molecule has 0 heterocycles. The van der Waals surface area contributed by atoms with Crippen molar-refractivity contribution in [3.8, 4) is 0 Å². The highest BCUT2D eigenvalue weighted by molar-refractivity contribution is 5.79. The van der Waals surface area contributed by atoms with Crippen LogP contribution in [0, 0.1) is 0 Å². The van der Waals surface area contributed by atoms with Crippen molar-refractivity contribution < 1.29 is 29.7 Å². The van der Waals surface area contributed by atoms with Gasteiger partial charge in [0.15, 0.2) is 6.10 Å². The summed E-state index contributed by atoms with van der Waals surface area (Å²) < 4.78 is 0. The minimum Gasteiger partial charge on any atom is -0.481 e. The molecule has 0 aliphatic heterocycles. The van der Waals surface area contributed by atoms with Gasteiger partial charge in [-0.25, -0.2) is 4.79 Å². The molecule has 6 nitrogen and oxygen atoms in total. The maximum Gasteiger partial charge on any atom is 0.337 e. The van der Waals surface area contributed by atoms with Crippen LogP contribution in [0.25, 0.3) is 0 Å². The van der Waals surface area contributed by atoms with Crippen molar-refractivity contribution >= 4 is 18.2 Å². The van der Waals surface area contributed by atoms with Crippen LogP contribution >= 0.6 is 0 Å². The van der Waals surface area contributed by atoms with Crippen molar-refractivity contribution in [1.82, 2.24) is 0 Å². The third kappa shape index (κ3) is 3.39. The first-order valence-electron chi connectivity index (χ1n) is 5.16. The van der Waals surface area contributed by atoms with Gasteiger partial charge in [0.25, 0.3) is 0 Å². The smallest absolute Gasteiger partial charge is 0.337 e. The molecule has 0 aliphatic carbocycles. The van der Waals surface area contributed by atoms with Crippen molar-refractivity contribution in [3.05, 3.63) is 34.9 Å². The Kier molecular flexibility index (Phi) is 4.56. The number of aliphatic carboxylic acids is 2. The molecule has 0 saturated carbocycles. The molecule has 1 atom stereocenters. The molecule has 6 heteroatoms. The summed E-state index contributed by atoms with van der Waals surface area (Å²) in [7, 11) is 0. The minimum atomic E-state index is -1.69. The molecule has 0 aliphatic rings. The van der Waals surface area contributed by atoms with Gasteiger partial charge in [0.1, 0.15) is 6.29 Å². The maximum absolute atomic E-state index is 10.8. The van der Waals surface area contributed by atoms with Gasteiger partial charge < -0.3 is 15.3 Å². The fourth-order valence-electron chi connectivity index (χ4n) is 1.51. The van der Waals surface area contributed by atoms with E-state index in [2.05, 4.69) is 0 Å². The lowest BCUT2D eigenvalue weighted by atomic mass is 9.98. The van der Waals surface area contributed by atoms with E-state index < -0.39 is 18.0 Å². The normalized spacial score (nSPS) is 11.8. The number of rotatable bonds is 6. The summed E-state index contributed by atoms with van der Waals surface area (Å²) in [6.07, 6.45) is -1.19. The Morgan fingerprint density at radius 1 is 1.28 bits per heavy atom. The number of carboxylic acid groups (broad SMARTS) is 2. The second kappa shape index (κ2) is 5.92. The summed E-state index contributed by atoms with van der Waals surface area (Å²) in [6.45, 7) is 0. The van der Waals surface area contributed by atoms with Gasteiger partial charge in [-0.1, -0.05) is 18.2 Å². The summed E-state index contributed by atoms with van der Waals surface area (Å²) in [4.78, 5) is 31.8. The Labute approximate surface area is 102 Å². The van der Waals surface area contributed by atoms with Gasteiger partial charge in [0.2, 0.25) is 0 Å². The first-order valence-corrected chi connectivity index (χ1v) is 5.16. The third-order valence-corrected chi connectivity index (χ3v) is 2.45. The summed E-state index contributed by atoms with van der Waals surface area (Å²) in [5.74, 6) is -2.42. The van der Waals surface area contributed by atoms with Crippen LogP contribution in [0.4, 0.5) is 0 Å². The molecule has 0 bridgehead atoms. The number of benzene rings is 1. The van der Waals surface area contributed by atoms with Gasteiger partial charge in [-0.3, -0.25) is 9.59 Å². The summed E-state index contributed by atoms with van der Waals surface area (Å²) in [5, 5.41) is 26.6. The number of carboxylic acids is 2. The number of aldehydes is 1. The number of aryl methyl sites for hydroxylation is 1. The first-order chi connectivity index (χ1) is 8.45. The molecule has 1 aromatic rings. The van der Waals surface area contributed by atoms with E-state index in [9.17, 15) is 19.5 Å². The fourth-order valence-corrected chi connectivity index (χ4v) is 1.51. The van der Waals surface area contributed by atoms with Crippen LogP contribution in [-0.4, -0.2) is 33.5 Å². The summed E-state index contributed by atoms with van der Waals surface area (Å²) in [5.41, 5.74) is 0.816. The van der Waals surface area contributed by atoms with Gasteiger partial charge in [0.05, 0.1) is 0 Å². The molecule has 0 fully saturated rings. The summed E-state index contributed by atoms with van der Waals surface area (Å²) in [6, 6.07) is 4.03. The van der Waals surface area contributed by atoms with Gasteiger partial charge in [-0.05, 0) is 17.5 Å².